The van der Waals surface area contributed by atoms with Crippen LogP contribution in [0.4, 0.5) is 17.1 Å². The lowest BCUT2D eigenvalue weighted by Gasteiger charge is -2.53. The van der Waals surface area contributed by atoms with E-state index in [9.17, 15) is 25.3 Å². The van der Waals surface area contributed by atoms with Crippen LogP contribution in [0.2, 0.25) is 0 Å². The summed E-state index contributed by atoms with van der Waals surface area (Å²) in [6.45, 7) is 2.30. The van der Waals surface area contributed by atoms with Gasteiger partial charge in [-0.2, -0.15) is 5.10 Å². The molecule has 3 saturated carbocycles. The maximum absolute atomic E-state index is 11.4. The van der Waals surface area contributed by atoms with E-state index in [0.29, 0.717) is 23.7 Å². The van der Waals surface area contributed by atoms with Crippen molar-refractivity contribution in [3.63, 3.8) is 0 Å². The lowest BCUT2D eigenvalue weighted by Crippen LogP contribution is -2.47. The van der Waals surface area contributed by atoms with Gasteiger partial charge in [-0.15, -0.1) is 0 Å². The molecule has 0 saturated heterocycles. The van der Waals surface area contributed by atoms with Crippen LogP contribution in [0.3, 0.4) is 0 Å². The maximum atomic E-state index is 11.4. The molecule has 4 aliphatic carbocycles. The largest absolute Gasteiger partial charge is 0.393 e. The normalized spacial score (nSPS) is 36.4. The molecule has 9 nitrogen and oxygen atoms in total. The highest BCUT2D eigenvalue weighted by Crippen LogP contribution is 2.61. The number of fused-ring (bicyclic) bond motifs is 5. The average Bonchev–Trinajstić information content (AvgIpc) is 3.11. The number of hydrogen-bond acceptors (Lipinski definition) is 7. The molecule has 0 bridgehead atoms. The molecule has 0 amide bonds. The highest BCUT2D eigenvalue weighted by molar-refractivity contribution is 5.97. The van der Waals surface area contributed by atoms with Gasteiger partial charge in [0.2, 0.25) is 0 Å². The van der Waals surface area contributed by atoms with Crippen molar-refractivity contribution in [1.82, 2.24) is 0 Å². The van der Waals surface area contributed by atoms with E-state index in [1.165, 1.54) is 24.1 Å². The van der Waals surface area contributed by atoms with Crippen LogP contribution in [0, 0.1) is 49.3 Å². The first-order valence-corrected chi connectivity index (χ1v) is 11.9. The van der Waals surface area contributed by atoms with Gasteiger partial charge in [-0.05, 0) is 92.6 Å². The van der Waals surface area contributed by atoms with E-state index in [1.54, 1.807) is 0 Å². The zero-order valence-electron chi connectivity index (χ0n) is 18.8. The lowest BCUT2D eigenvalue weighted by molar-refractivity contribution is -0.393. The van der Waals surface area contributed by atoms with Crippen molar-refractivity contribution in [3.05, 3.63) is 50.1 Å². The van der Waals surface area contributed by atoms with E-state index in [2.05, 4.69) is 23.5 Å². The highest BCUT2D eigenvalue weighted by Gasteiger charge is 2.55. The van der Waals surface area contributed by atoms with Gasteiger partial charge in [-0.25, -0.2) is 0 Å². The summed E-state index contributed by atoms with van der Waals surface area (Å²) in [5, 5.41) is 37.3. The van der Waals surface area contributed by atoms with Crippen molar-refractivity contribution < 1.29 is 15.0 Å². The minimum Gasteiger partial charge on any atom is -0.393 e. The van der Waals surface area contributed by atoms with E-state index in [0.717, 1.165) is 56.7 Å². The number of nitro groups is 2. The Bertz CT molecular complexity index is 1050. The fourth-order valence-corrected chi connectivity index (χ4v) is 7.27. The number of rotatable bonds is 4. The number of anilines is 1. The Hall–Kier alpha value is -2.81. The molecule has 0 radical (unpaired) electrons. The minimum absolute atomic E-state index is 0.0903. The van der Waals surface area contributed by atoms with Crippen molar-refractivity contribution in [3.8, 4) is 0 Å². The monoisotopic (exact) mass is 454 g/mol. The smallest absolute Gasteiger partial charge is 0.301 e. The zero-order valence-corrected chi connectivity index (χ0v) is 18.8. The summed E-state index contributed by atoms with van der Waals surface area (Å²) < 4.78 is 0. The van der Waals surface area contributed by atoms with Crippen LogP contribution in [-0.2, 0) is 0 Å². The second kappa shape index (κ2) is 8.20. The first-order chi connectivity index (χ1) is 15.8. The Morgan fingerprint density at radius 1 is 1.06 bits per heavy atom. The fraction of sp³-hybridized carbons (Fsp3) is 0.625. The number of benzene rings is 1. The van der Waals surface area contributed by atoms with Crippen LogP contribution in [0.25, 0.3) is 0 Å². The van der Waals surface area contributed by atoms with Gasteiger partial charge >= 0.3 is 5.69 Å². The first kappa shape index (κ1) is 22.0. The van der Waals surface area contributed by atoms with Crippen molar-refractivity contribution in [2.75, 3.05) is 5.43 Å². The van der Waals surface area contributed by atoms with Crippen LogP contribution < -0.4 is 5.43 Å². The molecule has 176 valence electrons. The van der Waals surface area contributed by atoms with E-state index >= 15 is 0 Å². The molecule has 4 aliphatic rings. The quantitative estimate of drug-likeness (QED) is 0.474. The summed E-state index contributed by atoms with van der Waals surface area (Å²) in [5.41, 5.74) is 4.63. The Balaban J connectivity index is 1.32. The third-order valence-corrected chi connectivity index (χ3v) is 8.97. The van der Waals surface area contributed by atoms with E-state index < -0.39 is 9.85 Å². The van der Waals surface area contributed by atoms with Gasteiger partial charge in [0.05, 0.1) is 27.7 Å². The molecule has 2 N–H and O–H groups in total. The Morgan fingerprint density at radius 2 is 1.88 bits per heavy atom. The minimum atomic E-state index is -0.648. The molecule has 0 spiro atoms. The number of hydrazone groups is 1. The number of nitrogens with zero attached hydrogens (tertiary/aromatic N) is 3. The molecule has 1 aromatic carbocycles. The average molecular weight is 455 g/mol. The third-order valence-electron chi connectivity index (χ3n) is 8.97. The predicted octanol–water partition coefficient (Wildman–Crippen LogP) is 5.20. The summed E-state index contributed by atoms with van der Waals surface area (Å²) in [5.74, 6) is 2.58. The fourth-order valence-electron chi connectivity index (χ4n) is 7.27. The van der Waals surface area contributed by atoms with E-state index in [1.807, 2.05) is 0 Å². The molecule has 9 heteroatoms. The van der Waals surface area contributed by atoms with Crippen molar-refractivity contribution >= 4 is 22.8 Å². The molecule has 6 unspecified atom stereocenters. The standard InChI is InChI=1S/C24H30N4O5/c1-24-11-10-18-17-6-3-15(12-14(17)2-5-19(18)20(24)7-9-23(24)29)25-26-21-8-4-16(27(30)31)13-22(21)28(32)33/h4,8,12-13,17-20,23,26,29H,2-3,5-7,9-11H2,1H3. The van der Waals surface area contributed by atoms with E-state index in [4.69, 9.17) is 0 Å². The second-order valence-corrected chi connectivity index (χ2v) is 10.4. The van der Waals surface area contributed by atoms with Crippen LogP contribution in [0.15, 0.2) is 34.9 Å². The summed E-state index contributed by atoms with van der Waals surface area (Å²) in [4.78, 5) is 21.0. The zero-order chi connectivity index (χ0) is 23.3. The summed E-state index contributed by atoms with van der Waals surface area (Å²) in [6, 6.07) is 3.53. The second-order valence-electron chi connectivity index (χ2n) is 10.4. The number of nitro benzene ring substituents is 2. The number of aliphatic hydroxyl groups excluding tert-OH is 1. The third kappa shape index (κ3) is 3.72. The Kier molecular flexibility index (Phi) is 5.47. The molecule has 6 atom stereocenters. The molecule has 5 rings (SSSR count). The van der Waals surface area contributed by atoms with Crippen LogP contribution in [0.1, 0.15) is 58.3 Å². The number of non-ortho nitro benzene ring substituents is 1. The predicted molar refractivity (Wildman–Crippen MR) is 124 cm³/mol. The number of nitrogens with one attached hydrogen (secondary N) is 1. The van der Waals surface area contributed by atoms with Gasteiger partial charge in [0.15, 0.2) is 0 Å². The number of allylic oxidation sites excluding steroid dienone is 2. The van der Waals surface area contributed by atoms with Crippen molar-refractivity contribution in [2.45, 2.75) is 64.4 Å². The molecule has 3 fully saturated rings. The molecule has 33 heavy (non-hydrogen) atoms. The molecule has 0 aliphatic heterocycles. The number of aliphatic hydroxyl groups is 1. The molecule has 1 aromatic rings. The Labute approximate surface area is 192 Å². The van der Waals surface area contributed by atoms with Crippen molar-refractivity contribution in [1.29, 1.82) is 0 Å². The van der Waals surface area contributed by atoms with Crippen LogP contribution in [0.5, 0.6) is 0 Å². The molecular formula is C24H30N4O5. The van der Waals surface area contributed by atoms with Gasteiger partial charge in [0, 0.05) is 6.07 Å². The van der Waals surface area contributed by atoms with Crippen LogP contribution >= 0.6 is 0 Å². The highest BCUT2D eigenvalue weighted by atomic mass is 16.6. The Morgan fingerprint density at radius 3 is 2.64 bits per heavy atom. The van der Waals surface area contributed by atoms with E-state index in [-0.39, 0.29) is 28.6 Å². The van der Waals surface area contributed by atoms with Crippen molar-refractivity contribution in [2.24, 2.45) is 34.2 Å². The number of hydrogen-bond donors (Lipinski definition) is 2. The molecule has 0 heterocycles. The topological polar surface area (TPSA) is 131 Å². The summed E-state index contributed by atoms with van der Waals surface area (Å²) >= 11 is 0. The van der Waals surface area contributed by atoms with Gasteiger partial charge in [-0.1, -0.05) is 12.5 Å². The summed E-state index contributed by atoms with van der Waals surface area (Å²) in [7, 11) is 0. The SMILES string of the molecule is CC12CCC3C4CCC(=NNc5ccc([N+](=O)[O-])cc5[N+](=O)[O-])C=C4CCC3C1CCC2O. The van der Waals surface area contributed by atoms with Gasteiger partial charge in [0.1, 0.15) is 5.69 Å². The first-order valence-electron chi connectivity index (χ1n) is 11.9. The summed E-state index contributed by atoms with van der Waals surface area (Å²) in [6.07, 6.45) is 10.4. The van der Waals surface area contributed by atoms with Gasteiger partial charge in [0.25, 0.3) is 5.69 Å². The lowest BCUT2D eigenvalue weighted by atomic mass is 9.52. The maximum Gasteiger partial charge on any atom is 0.301 e. The molecular weight excluding hydrogens is 424 g/mol. The van der Waals surface area contributed by atoms with Gasteiger partial charge < -0.3 is 5.11 Å². The van der Waals surface area contributed by atoms with Crippen LogP contribution in [-0.4, -0.2) is 26.8 Å². The van der Waals surface area contributed by atoms with Gasteiger partial charge in [-0.3, -0.25) is 25.7 Å². The molecule has 0 aromatic heterocycles.